The zero-order valence-electron chi connectivity index (χ0n) is 21.5. The Morgan fingerprint density at radius 3 is 2.00 bits per heavy atom. The molecular weight excluding hydrogens is 424 g/mol. The van der Waals surface area contributed by atoms with Gasteiger partial charge in [0, 0.05) is 10.8 Å². The molecular formula is C34H32O. The molecule has 1 heteroatoms. The van der Waals surface area contributed by atoms with Crippen LogP contribution in [0.5, 0.6) is 0 Å². The zero-order valence-corrected chi connectivity index (χ0v) is 21.5. The van der Waals surface area contributed by atoms with Gasteiger partial charge in [-0.05, 0) is 97.5 Å². The molecule has 0 spiro atoms. The minimum absolute atomic E-state index is 0.119. The van der Waals surface area contributed by atoms with E-state index in [9.17, 15) is 0 Å². The molecule has 1 heterocycles. The lowest BCUT2D eigenvalue weighted by Crippen LogP contribution is -2.42. The molecule has 0 aliphatic heterocycles. The average molecular weight is 457 g/mol. The van der Waals surface area contributed by atoms with Gasteiger partial charge in [-0.15, -0.1) is 0 Å². The molecule has 0 saturated carbocycles. The number of rotatable bonds is 1. The summed E-state index contributed by atoms with van der Waals surface area (Å²) < 4.78 is 6.18. The third-order valence-corrected chi connectivity index (χ3v) is 10.2. The number of furan rings is 1. The van der Waals surface area contributed by atoms with Gasteiger partial charge in [0.1, 0.15) is 11.2 Å². The average Bonchev–Trinajstić information content (AvgIpc) is 3.41. The Bertz CT molecular complexity index is 1690. The minimum Gasteiger partial charge on any atom is -0.456 e. The highest BCUT2D eigenvalue weighted by molar-refractivity contribution is 6.05. The van der Waals surface area contributed by atoms with Crippen molar-refractivity contribution in [1.82, 2.24) is 0 Å². The van der Waals surface area contributed by atoms with Gasteiger partial charge < -0.3 is 4.42 Å². The molecule has 5 aromatic rings. The van der Waals surface area contributed by atoms with Crippen LogP contribution in [0.2, 0.25) is 0 Å². The van der Waals surface area contributed by atoms with E-state index in [0.29, 0.717) is 0 Å². The van der Waals surface area contributed by atoms with Crippen molar-refractivity contribution in [2.75, 3.05) is 0 Å². The third kappa shape index (κ3) is 2.54. The van der Waals surface area contributed by atoms with Crippen molar-refractivity contribution < 1.29 is 4.42 Å². The molecule has 2 aliphatic carbocycles. The lowest BCUT2D eigenvalue weighted by Gasteiger charge is -2.44. The van der Waals surface area contributed by atoms with Crippen LogP contribution in [0.1, 0.15) is 63.8 Å². The first-order valence-electron chi connectivity index (χ1n) is 12.8. The summed E-state index contributed by atoms with van der Waals surface area (Å²) in [4.78, 5) is 0. The molecule has 0 bridgehead atoms. The number of hydrogen-bond donors (Lipinski definition) is 0. The van der Waals surface area contributed by atoms with Crippen molar-refractivity contribution in [2.24, 2.45) is 5.41 Å². The Hall–Kier alpha value is -3.32. The fraction of sp³-hybridized carbons (Fsp3) is 0.294. The quantitative estimate of drug-likeness (QED) is 0.240. The lowest BCUT2D eigenvalue weighted by molar-refractivity contribution is 0.125. The Kier molecular flexibility index (Phi) is 3.88. The number of hydrogen-bond acceptors (Lipinski definition) is 1. The number of fused-ring (bicyclic) bond motifs is 7. The zero-order chi connectivity index (χ0) is 24.3. The molecule has 0 radical (unpaired) electrons. The van der Waals surface area contributed by atoms with Crippen molar-refractivity contribution in [1.29, 1.82) is 0 Å². The van der Waals surface area contributed by atoms with Crippen LogP contribution in [-0.4, -0.2) is 0 Å². The minimum atomic E-state index is 0.119. The van der Waals surface area contributed by atoms with E-state index < -0.39 is 0 Å². The van der Waals surface area contributed by atoms with Crippen LogP contribution in [0.4, 0.5) is 0 Å². The van der Waals surface area contributed by atoms with Gasteiger partial charge >= 0.3 is 0 Å². The van der Waals surface area contributed by atoms with Crippen molar-refractivity contribution in [3.63, 3.8) is 0 Å². The predicted molar refractivity (Wildman–Crippen MR) is 147 cm³/mol. The van der Waals surface area contributed by atoms with E-state index in [1.54, 1.807) is 0 Å². The van der Waals surface area contributed by atoms with Crippen LogP contribution in [0.3, 0.4) is 0 Å². The number of para-hydroxylation sites is 1. The van der Waals surface area contributed by atoms with Crippen molar-refractivity contribution >= 4 is 21.9 Å². The summed E-state index contributed by atoms with van der Waals surface area (Å²) in [6.45, 7) is 14.6. The fourth-order valence-corrected chi connectivity index (χ4v) is 6.80. The molecule has 2 aliphatic rings. The van der Waals surface area contributed by atoms with Gasteiger partial charge in [0.05, 0.1) is 0 Å². The van der Waals surface area contributed by atoms with Crippen LogP contribution in [-0.2, 0) is 17.3 Å². The predicted octanol–water partition coefficient (Wildman–Crippen LogP) is 9.42. The summed E-state index contributed by atoms with van der Waals surface area (Å²) in [6, 6.07) is 27.0. The first-order valence-corrected chi connectivity index (χ1v) is 12.8. The first kappa shape index (κ1) is 21.0. The number of benzene rings is 4. The van der Waals surface area contributed by atoms with Gasteiger partial charge in [-0.2, -0.15) is 0 Å². The molecule has 174 valence electrons. The van der Waals surface area contributed by atoms with E-state index in [4.69, 9.17) is 4.42 Å². The molecule has 0 amide bonds. The maximum atomic E-state index is 6.18. The maximum Gasteiger partial charge on any atom is 0.136 e. The van der Waals surface area contributed by atoms with E-state index in [-0.39, 0.29) is 16.2 Å². The molecule has 4 aromatic carbocycles. The first-order chi connectivity index (χ1) is 16.6. The molecule has 1 aromatic heterocycles. The molecule has 35 heavy (non-hydrogen) atoms. The SMILES string of the molecule is CC1(C)c2cc3c(cc2C(C)(C)C1(C)C)-c1cc(-c2ccc4c(c2)oc2ccccc24)ccc1C3. The van der Waals surface area contributed by atoms with Crippen LogP contribution >= 0.6 is 0 Å². The van der Waals surface area contributed by atoms with Crippen LogP contribution in [0.25, 0.3) is 44.2 Å². The summed E-state index contributed by atoms with van der Waals surface area (Å²) in [5.74, 6) is 0. The van der Waals surface area contributed by atoms with Crippen molar-refractivity contribution in [3.05, 3.63) is 95.1 Å². The second-order valence-electron chi connectivity index (χ2n) is 12.3. The van der Waals surface area contributed by atoms with Crippen molar-refractivity contribution in [3.8, 4) is 22.3 Å². The highest BCUT2D eigenvalue weighted by Gasteiger charge is 2.57. The van der Waals surface area contributed by atoms with E-state index in [2.05, 4.69) is 102 Å². The topological polar surface area (TPSA) is 13.1 Å². The molecule has 0 N–H and O–H groups in total. The van der Waals surface area contributed by atoms with E-state index in [1.165, 1.54) is 55.3 Å². The third-order valence-electron chi connectivity index (χ3n) is 10.2. The maximum absolute atomic E-state index is 6.18. The van der Waals surface area contributed by atoms with Gasteiger partial charge in [0.2, 0.25) is 0 Å². The van der Waals surface area contributed by atoms with Crippen LogP contribution in [0.15, 0.2) is 77.2 Å². The summed E-state index contributed by atoms with van der Waals surface area (Å²) in [7, 11) is 0. The monoisotopic (exact) mass is 456 g/mol. The smallest absolute Gasteiger partial charge is 0.136 e. The van der Waals surface area contributed by atoms with Gasteiger partial charge in [0.25, 0.3) is 0 Å². The molecule has 7 rings (SSSR count). The highest BCUT2D eigenvalue weighted by atomic mass is 16.3. The Labute approximate surface area is 207 Å². The van der Waals surface area contributed by atoms with E-state index in [0.717, 1.165) is 17.6 Å². The second-order valence-corrected chi connectivity index (χ2v) is 12.3. The standard InChI is InChI=1S/C34H32O/c1-32(2)28-17-23-15-22-12-11-20(16-26(22)27(23)19-29(28)33(3,4)34(32,5)6)21-13-14-25-24-9-7-8-10-30(24)35-31(25)18-21/h7-14,16-19H,15H2,1-6H3. The molecule has 0 unspecified atom stereocenters. The fourth-order valence-electron chi connectivity index (χ4n) is 6.80. The summed E-state index contributed by atoms with van der Waals surface area (Å²) in [6.07, 6.45) is 1.03. The van der Waals surface area contributed by atoms with Crippen LogP contribution in [0, 0.1) is 5.41 Å². The second kappa shape index (κ2) is 6.46. The summed E-state index contributed by atoms with van der Waals surface area (Å²) in [5, 5.41) is 2.36. The largest absolute Gasteiger partial charge is 0.456 e. The summed E-state index contributed by atoms with van der Waals surface area (Å²) in [5.41, 5.74) is 13.6. The Balaban J connectivity index is 1.37. The van der Waals surface area contributed by atoms with Gasteiger partial charge in [-0.3, -0.25) is 0 Å². The molecule has 1 nitrogen and oxygen atoms in total. The highest BCUT2D eigenvalue weighted by Crippen LogP contribution is 2.62. The van der Waals surface area contributed by atoms with E-state index in [1.807, 2.05) is 12.1 Å². The van der Waals surface area contributed by atoms with E-state index >= 15 is 0 Å². The van der Waals surface area contributed by atoms with Gasteiger partial charge in [-0.25, -0.2) is 0 Å². The molecule has 0 saturated heterocycles. The lowest BCUT2D eigenvalue weighted by atomic mass is 9.59. The Morgan fingerprint density at radius 1 is 0.571 bits per heavy atom. The molecule has 0 atom stereocenters. The Morgan fingerprint density at radius 2 is 1.20 bits per heavy atom. The van der Waals surface area contributed by atoms with Gasteiger partial charge in [-0.1, -0.05) is 84.0 Å². The van der Waals surface area contributed by atoms with Crippen molar-refractivity contribution in [2.45, 2.75) is 58.8 Å². The van der Waals surface area contributed by atoms with Gasteiger partial charge in [0.15, 0.2) is 0 Å². The normalized spacial score (nSPS) is 18.6. The summed E-state index contributed by atoms with van der Waals surface area (Å²) >= 11 is 0. The van der Waals surface area contributed by atoms with Crippen LogP contribution < -0.4 is 0 Å². The molecule has 0 fully saturated rings.